The zero-order valence-electron chi connectivity index (χ0n) is 9.48. The average molecular weight is 229 g/mol. The van der Waals surface area contributed by atoms with E-state index in [1.54, 1.807) is 0 Å². The van der Waals surface area contributed by atoms with Crippen LogP contribution in [0.5, 0.6) is 0 Å². The Balaban J connectivity index is 2.57. The molecule has 1 rings (SSSR count). The summed E-state index contributed by atoms with van der Waals surface area (Å²) in [5.74, 6) is -1.70. The van der Waals surface area contributed by atoms with Crippen molar-refractivity contribution < 1.29 is 19.8 Å². The summed E-state index contributed by atoms with van der Waals surface area (Å²) in [5, 5.41) is 20.7. The van der Waals surface area contributed by atoms with Gasteiger partial charge in [0.1, 0.15) is 6.04 Å². The fourth-order valence-electron chi connectivity index (χ4n) is 2.20. The first-order valence-corrected chi connectivity index (χ1v) is 5.71. The highest BCUT2D eigenvalue weighted by Crippen LogP contribution is 2.20. The van der Waals surface area contributed by atoms with Gasteiger partial charge in [0.2, 0.25) is 0 Å². The van der Waals surface area contributed by atoms with Crippen molar-refractivity contribution in [2.24, 2.45) is 5.92 Å². The minimum absolute atomic E-state index is 0.000278. The molecule has 1 aliphatic heterocycles. The predicted octanol–water partition coefficient (Wildman–Crippen LogP) is 1.08. The summed E-state index contributed by atoms with van der Waals surface area (Å²) in [7, 11) is 0. The van der Waals surface area contributed by atoms with Gasteiger partial charge in [0.05, 0.1) is 0 Å². The van der Waals surface area contributed by atoms with Crippen LogP contribution < -0.4 is 5.32 Å². The molecular weight excluding hydrogens is 210 g/mol. The number of carboxylic acid groups (broad SMARTS) is 2. The third-order valence-corrected chi connectivity index (χ3v) is 3.15. The Morgan fingerprint density at radius 2 is 1.94 bits per heavy atom. The van der Waals surface area contributed by atoms with E-state index in [2.05, 4.69) is 5.32 Å². The molecule has 0 saturated carbocycles. The van der Waals surface area contributed by atoms with E-state index in [4.69, 9.17) is 10.2 Å². The molecule has 0 bridgehead atoms. The second kappa shape index (κ2) is 5.84. The Morgan fingerprint density at radius 1 is 1.31 bits per heavy atom. The van der Waals surface area contributed by atoms with Gasteiger partial charge in [-0.2, -0.15) is 0 Å². The first-order chi connectivity index (χ1) is 7.50. The number of nitrogens with one attached hydrogen (secondary N) is 1. The van der Waals surface area contributed by atoms with Crippen LogP contribution in [0.2, 0.25) is 0 Å². The molecule has 0 spiro atoms. The molecule has 1 aliphatic rings. The molecule has 1 heterocycles. The maximum Gasteiger partial charge on any atom is 0.320 e. The molecule has 5 heteroatoms. The molecule has 1 saturated heterocycles. The topological polar surface area (TPSA) is 86.6 Å². The van der Waals surface area contributed by atoms with E-state index in [1.165, 1.54) is 0 Å². The largest absolute Gasteiger partial charge is 0.481 e. The lowest BCUT2D eigenvalue weighted by Gasteiger charge is -2.24. The van der Waals surface area contributed by atoms with E-state index in [-0.39, 0.29) is 18.4 Å². The molecule has 3 atom stereocenters. The lowest BCUT2D eigenvalue weighted by Crippen LogP contribution is -2.45. The van der Waals surface area contributed by atoms with E-state index in [1.807, 2.05) is 6.92 Å². The zero-order chi connectivity index (χ0) is 12.1. The molecule has 16 heavy (non-hydrogen) atoms. The van der Waals surface area contributed by atoms with Crippen LogP contribution in [0.1, 0.15) is 39.0 Å². The summed E-state index contributed by atoms with van der Waals surface area (Å²) in [6, 6.07) is -0.525. The molecule has 0 amide bonds. The van der Waals surface area contributed by atoms with Gasteiger partial charge in [-0.3, -0.25) is 9.59 Å². The van der Waals surface area contributed by atoms with E-state index >= 15 is 0 Å². The van der Waals surface area contributed by atoms with Crippen molar-refractivity contribution in [1.82, 2.24) is 5.32 Å². The molecule has 2 unspecified atom stereocenters. The van der Waals surface area contributed by atoms with Gasteiger partial charge in [-0.05, 0) is 18.8 Å². The second-order valence-electron chi connectivity index (χ2n) is 4.52. The maximum atomic E-state index is 10.9. The first-order valence-electron chi connectivity index (χ1n) is 5.71. The van der Waals surface area contributed by atoms with Crippen molar-refractivity contribution in [3.8, 4) is 0 Å². The summed E-state index contributed by atoms with van der Waals surface area (Å²) in [5.41, 5.74) is 0. The van der Waals surface area contributed by atoms with Gasteiger partial charge in [-0.15, -0.1) is 0 Å². The van der Waals surface area contributed by atoms with Crippen LogP contribution in [0.15, 0.2) is 0 Å². The summed E-state index contributed by atoms with van der Waals surface area (Å²) >= 11 is 0. The summed E-state index contributed by atoms with van der Waals surface area (Å²) in [6.45, 7) is 1.86. The number of aliphatic carboxylic acids is 2. The number of hydrogen-bond donors (Lipinski definition) is 3. The third-order valence-electron chi connectivity index (χ3n) is 3.15. The van der Waals surface area contributed by atoms with Gasteiger partial charge in [0.15, 0.2) is 0 Å². The van der Waals surface area contributed by atoms with Crippen LogP contribution >= 0.6 is 0 Å². The molecule has 0 aliphatic carbocycles. The standard InChI is InChI=1S/C11H19NO4/c1-7(6-10(13)14)8-4-2-3-5-9(12-8)11(15)16/h7-9,12H,2-6H2,1H3,(H,13,14)(H,15,16)/t7?,8?,9-/m0/s1. The molecule has 0 aromatic carbocycles. The van der Waals surface area contributed by atoms with Crippen LogP contribution in [0, 0.1) is 5.92 Å². The van der Waals surface area contributed by atoms with E-state index in [0.29, 0.717) is 6.42 Å². The average Bonchev–Trinajstić information content (AvgIpc) is 2.41. The van der Waals surface area contributed by atoms with Gasteiger partial charge in [0.25, 0.3) is 0 Å². The SMILES string of the molecule is CC(CC(=O)O)C1CCCC[C@@H](C(=O)O)N1. The molecule has 0 aromatic heterocycles. The highest BCUT2D eigenvalue weighted by atomic mass is 16.4. The number of hydrogen-bond acceptors (Lipinski definition) is 3. The van der Waals surface area contributed by atoms with Crippen molar-refractivity contribution in [2.45, 2.75) is 51.1 Å². The third kappa shape index (κ3) is 3.81. The minimum atomic E-state index is -0.838. The van der Waals surface area contributed by atoms with Gasteiger partial charge in [-0.25, -0.2) is 0 Å². The molecule has 0 aromatic rings. The Labute approximate surface area is 94.8 Å². The monoisotopic (exact) mass is 229 g/mol. The van der Waals surface area contributed by atoms with Crippen molar-refractivity contribution >= 4 is 11.9 Å². The van der Waals surface area contributed by atoms with Crippen LogP contribution in [0.4, 0.5) is 0 Å². The lowest BCUT2D eigenvalue weighted by atomic mass is 9.94. The van der Waals surface area contributed by atoms with Crippen molar-refractivity contribution in [3.05, 3.63) is 0 Å². The van der Waals surface area contributed by atoms with Gasteiger partial charge < -0.3 is 15.5 Å². The van der Waals surface area contributed by atoms with Crippen LogP contribution in [-0.2, 0) is 9.59 Å². The van der Waals surface area contributed by atoms with Crippen LogP contribution in [-0.4, -0.2) is 34.2 Å². The lowest BCUT2D eigenvalue weighted by molar-refractivity contribution is -0.139. The fraction of sp³-hybridized carbons (Fsp3) is 0.818. The molecule has 5 nitrogen and oxygen atoms in total. The van der Waals surface area contributed by atoms with E-state index in [9.17, 15) is 9.59 Å². The maximum absolute atomic E-state index is 10.9. The highest BCUT2D eigenvalue weighted by molar-refractivity contribution is 5.73. The molecule has 0 radical (unpaired) electrons. The smallest absolute Gasteiger partial charge is 0.320 e. The number of carbonyl (C=O) groups is 2. The van der Waals surface area contributed by atoms with Gasteiger partial charge in [-0.1, -0.05) is 19.8 Å². The van der Waals surface area contributed by atoms with Crippen molar-refractivity contribution in [2.75, 3.05) is 0 Å². The fourth-order valence-corrected chi connectivity index (χ4v) is 2.20. The minimum Gasteiger partial charge on any atom is -0.481 e. The summed E-state index contributed by atoms with van der Waals surface area (Å²) in [4.78, 5) is 21.5. The quantitative estimate of drug-likeness (QED) is 0.671. The molecular formula is C11H19NO4. The Kier molecular flexibility index (Phi) is 4.73. The number of rotatable bonds is 4. The van der Waals surface area contributed by atoms with Crippen molar-refractivity contribution in [3.63, 3.8) is 0 Å². The molecule has 92 valence electrons. The predicted molar refractivity (Wildman–Crippen MR) is 58.2 cm³/mol. The van der Waals surface area contributed by atoms with E-state index < -0.39 is 18.0 Å². The van der Waals surface area contributed by atoms with Crippen molar-refractivity contribution in [1.29, 1.82) is 0 Å². The molecule has 1 fully saturated rings. The van der Waals surface area contributed by atoms with Gasteiger partial charge in [0, 0.05) is 12.5 Å². The second-order valence-corrected chi connectivity index (χ2v) is 4.52. The van der Waals surface area contributed by atoms with Gasteiger partial charge >= 0.3 is 11.9 Å². The summed E-state index contributed by atoms with van der Waals surface area (Å²) in [6.07, 6.45) is 3.43. The Morgan fingerprint density at radius 3 is 2.50 bits per heavy atom. The van der Waals surface area contributed by atoms with Crippen LogP contribution in [0.3, 0.4) is 0 Å². The number of carboxylic acids is 2. The first kappa shape index (κ1) is 13.0. The summed E-state index contributed by atoms with van der Waals surface area (Å²) < 4.78 is 0. The Hall–Kier alpha value is -1.10. The highest BCUT2D eigenvalue weighted by Gasteiger charge is 2.28. The van der Waals surface area contributed by atoms with E-state index in [0.717, 1.165) is 19.3 Å². The zero-order valence-corrected chi connectivity index (χ0v) is 9.48. The van der Waals surface area contributed by atoms with Crippen LogP contribution in [0.25, 0.3) is 0 Å². The Bertz CT molecular complexity index is 267. The molecule has 3 N–H and O–H groups in total. The normalized spacial score (nSPS) is 28.1.